The fraction of sp³-hybridized carbons (Fsp3) is 0.882. The molecule has 43 heavy (non-hydrogen) atoms. The van der Waals surface area contributed by atoms with Crippen LogP contribution in [0.15, 0.2) is 0 Å². The first-order valence-electron chi connectivity index (χ1n) is 10.3. The second-order valence-corrected chi connectivity index (χ2v) is 9.74. The molecule has 0 aromatic rings. The van der Waals surface area contributed by atoms with Gasteiger partial charge in [0.15, 0.2) is 0 Å². The van der Waals surface area contributed by atoms with Crippen molar-refractivity contribution in [1.82, 2.24) is 0 Å². The van der Waals surface area contributed by atoms with Gasteiger partial charge in [-0.05, 0) is 0 Å². The summed E-state index contributed by atoms with van der Waals surface area (Å²) >= 11 is 0. The number of rotatable bonds is 15. The number of carbonyl (C=O) groups is 2. The number of halogens is 18. The molecule has 0 fully saturated rings. The van der Waals surface area contributed by atoms with Crippen LogP contribution in [0.4, 0.5) is 79.0 Å². The normalized spacial score (nSPS) is 15.7. The summed E-state index contributed by atoms with van der Waals surface area (Å²) in [5, 5.41) is 0. The van der Waals surface area contributed by atoms with Crippen molar-refractivity contribution in [3.8, 4) is 0 Å². The van der Waals surface area contributed by atoms with Gasteiger partial charge in [-0.1, -0.05) is 0 Å². The summed E-state index contributed by atoms with van der Waals surface area (Å²) in [7, 11) is -5.43. The van der Waals surface area contributed by atoms with Crippen LogP contribution in [0.5, 0.6) is 0 Å². The van der Waals surface area contributed by atoms with Crippen LogP contribution >= 0.6 is 0 Å². The molecule has 256 valence electrons. The molecule has 0 saturated carbocycles. The van der Waals surface area contributed by atoms with E-state index >= 15 is 0 Å². The molecule has 7 nitrogen and oxygen atoms in total. The first kappa shape index (κ1) is 40.6. The van der Waals surface area contributed by atoms with Crippen molar-refractivity contribution in [2.45, 2.75) is 67.2 Å². The quantitative estimate of drug-likeness (QED) is 0.133. The van der Waals surface area contributed by atoms with E-state index in [4.69, 9.17) is 4.55 Å². The van der Waals surface area contributed by atoms with Crippen LogP contribution in [0.25, 0.3) is 0 Å². The molecule has 0 aromatic carbocycles. The molecule has 0 aliphatic carbocycles. The molecule has 0 aliphatic rings. The fourth-order valence-electron chi connectivity index (χ4n) is 2.54. The lowest BCUT2D eigenvalue weighted by molar-refractivity contribution is -0.397. The lowest BCUT2D eigenvalue weighted by atomic mass is 10.0. The Balaban J connectivity index is 5.50. The van der Waals surface area contributed by atoms with Gasteiger partial charge in [-0.15, -0.1) is 0 Å². The number of hydrogen-bond acceptors (Lipinski definition) is 6. The van der Waals surface area contributed by atoms with Gasteiger partial charge >= 0.3 is 59.8 Å². The molecule has 0 bridgehead atoms. The van der Waals surface area contributed by atoms with E-state index in [2.05, 4.69) is 9.47 Å². The fourth-order valence-corrected chi connectivity index (χ4v) is 3.31. The van der Waals surface area contributed by atoms with Gasteiger partial charge in [-0.2, -0.15) is 87.4 Å². The van der Waals surface area contributed by atoms with Crippen molar-refractivity contribution in [3.05, 3.63) is 0 Å². The highest BCUT2D eigenvalue weighted by atomic mass is 32.2. The number of esters is 2. The van der Waals surface area contributed by atoms with Crippen LogP contribution in [0, 0.1) is 5.92 Å². The third-order valence-corrected chi connectivity index (χ3v) is 5.74. The Morgan fingerprint density at radius 2 is 0.907 bits per heavy atom. The van der Waals surface area contributed by atoms with Gasteiger partial charge < -0.3 is 9.47 Å². The molecule has 0 saturated heterocycles. The second-order valence-electron chi connectivity index (χ2n) is 8.24. The number of ether oxygens (including phenoxy) is 2. The van der Waals surface area contributed by atoms with E-state index in [0.717, 1.165) is 0 Å². The molecule has 0 amide bonds. The first-order valence-corrected chi connectivity index (χ1v) is 11.9. The van der Waals surface area contributed by atoms with Gasteiger partial charge in [0.1, 0.15) is 0 Å². The SMILES string of the molecule is O=C(CC(CS(=O)(=O)O)C(=O)OCCC(F)(F)C(F)(F)C(F)(F)C(F)(F)F)OCCC(F)(F)C(F)(F)C(F)(F)C(F)(F)F. The standard InChI is InChI=1S/C17H14F18O7S/c18-10(19,12(22,23)14(26,27)16(30,31)32)1-3-41-8(36)5-7(6-43(38,39)40)9(37)42-4-2-11(20,21)13(24,25)15(28,29)17(33,34)35/h7H,1-6H2,(H,38,39,40). The van der Waals surface area contributed by atoms with Gasteiger partial charge in [0, 0.05) is 0 Å². The minimum atomic E-state index is -7.34. The largest absolute Gasteiger partial charge is 0.465 e. The summed E-state index contributed by atoms with van der Waals surface area (Å²) in [6, 6.07) is 0. The Bertz CT molecular complexity index is 1100. The van der Waals surface area contributed by atoms with E-state index in [-0.39, 0.29) is 0 Å². The van der Waals surface area contributed by atoms with E-state index in [1.807, 2.05) is 0 Å². The number of alkyl halides is 18. The molecular weight excluding hydrogens is 690 g/mol. The van der Waals surface area contributed by atoms with E-state index in [0.29, 0.717) is 0 Å². The number of hydrogen-bond donors (Lipinski definition) is 1. The maximum absolute atomic E-state index is 13.5. The number of carbonyl (C=O) groups excluding carboxylic acids is 2. The Morgan fingerprint density at radius 3 is 1.21 bits per heavy atom. The third-order valence-electron chi connectivity index (χ3n) is 4.92. The van der Waals surface area contributed by atoms with Gasteiger partial charge in [0.2, 0.25) is 0 Å². The Kier molecular flexibility index (Phi) is 11.8. The van der Waals surface area contributed by atoms with E-state index in [1.165, 1.54) is 0 Å². The van der Waals surface area contributed by atoms with Crippen LogP contribution in [0.3, 0.4) is 0 Å². The van der Waals surface area contributed by atoms with Crippen molar-refractivity contribution < 1.29 is 111 Å². The smallest absolute Gasteiger partial charge is 0.460 e. The summed E-state index contributed by atoms with van der Waals surface area (Å²) in [5.74, 6) is -50.7. The monoisotopic (exact) mass is 704 g/mol. The van der Waals surface area contributed by atoms with Crippen molar-refractivity contribution in [2.24, 2.45) is 5.92 Å². The lowest BCUT2D eigenvalue weighted by Gasteiger charge is -2.33. The maximum atomic E-state index is 13.5. The van der Waals surface area contributed by atoms with Crippen LogP contribution in [0.2, 0.25) is 0 Å². The zero-order valence-electron chi connectivity index (χ0n) is 19.9. The van der Waals surface area contributed by atoms with Crippen molar-refractivity contribution in [1.29, 1.82) is 0 Å². The molecule has 0 rings (SSSR count). The van der Waals surface area contributed by atoms with E-state index in [1.54, 1.807) is 0 Å². The summed E-state index contributed by atoms with van der Waals surface area (Å²) in [6.07, 6.45) is -21.8. The van der Waals surface area contributed by atoms with Gasteiger partial charge in [0.05, 0.1) is 44.1 Å². The Morgan fingerprint density at radius 1 is 0.581 bits per heavy atom. The summed E-state index contributed by atoms with van der Waals surface area (Å²) in [5.41, 5.74) is 0. The minimum Gasteiger partial charge on any atom is -0.465 e. The van der Waals surface area contributed by atoms with Gasteiger partial charge in [-0.25, -0.2) is 0 Å². The first-order chi connectivity index (χ1) is 18.6. The highest BCUT2D eigenvalue weighted by molar-refractivity contribution is 7.85. The zero-order valence-corrected chi connectivity index (χ0v) is 20.7. The van der Waals surface area contributed by atoms with Crippen molar-refractivity contribution in [3.63, 3.8) is 0 Å². The van der Waals surface area contributed by atoms with Crippen molar-refractivity contribution >= 4 is 22.1 Å². The van der Waals surface area contributed by atoms with Crippen LogP contribution in [-0.2, 0) is 29.2 Å². The molecular formula is C17H14F18O7S. The van der Waals surface area contributed by atoms with E-state index < -0.39 is 114 Å². The highest BCUT2D eigenvalue weighted by Crippen LogP contribution is 2.55. The van der Waals surface area contributed by atoms with Crippen molar-refractivity contribution in [2.75, 3.05) is 19.0 Å². The molecule has 0 aliphatic heterocycles. The van der Waals surface area contributed by atoms with Crippen LogP contribution < -0.4 is 0 Å². The Labute approximate surface area is 226 Å². The molecule has 1 N–H and O–H groups in total. The van der Waals surface area contributed by atoms with Crippen LogP contribution in [0.1, 0.15) is 19.3 Å². The zero-order chi connectivity index (χ0) is 34.9. The molecule has 0 heterocycles. The van der Waals surface area contributed by atoms with Gasteiger partial charge in [0.25, 0.3) is 10.1 Å². The molecule has 0 aromatic heterocycles. The van der Waals surface area contributed by atoms with Gasteiger partial charge in [-0.3, -0.25) is 14.1 Å². The molecule has 1 atom stereocenters. The average Bonchev–Trinajstić information content (AvgIpc) is 2.75. The van der Waals surface area contributed by atoms with E-state index in [9.17, 15) is 97.0 Å². The lowest BCUT2D eigenvalue weighted by Crippen LogP contribution is -2.61. The third kappa shape index (κ3) is 9.06. The summed E-state index contributed by atoms with van der Waals surface area (Å²) < 4.78 is 268. The average molecular weight is 704 g/mol. The molecule has 0 radical (unpaired) electrons. The predicted molar refractivity (Wildman–Crippen MR) is 97.5 cm³/mol. The maximum Gasteiger partial charge on any atom is 0.460 e. The summed E-state index contributed by atoms with van der Waals surface area (Å²) in [6.45, 7) is -4.35. The minimum absolute atomic E-state index is 1.85. The topological polar surface area (TPSA) is 107 Å². The molecule has 0 spiro atoms. The highest BCUT2D eigenvalue weighted by Gasteiger charge is 2.82. The summed E-state index contributed by atoms with van der Waals surface area (Å²) in [4.78, 5) is 23.5. The second kappa shape index (κ2) is 12.5. The Hall–Kier alpha value is -2.41. The molecule has 1 unspecified atom stereocenters. The van der Waals surface area contributed by atoms with Crippen LogP contribution in [-0.4, -0.2) is 91.8 Å². The molecule has 26 heteroatoms. The predicted octanol–water partition coefficient (Wildman–Crippen LogP) is 5.68.